The van der Waals surface area contributed by atoms with Crippen molar-refractivity contribution in [3.8, 4) is 0 Å². The van der Waals surface area contributed by atoms with Gasteiger partial charge in [0.1, 0.15) is 11.9 Å². The van der Waals surface area contributed by atoms with Crippen molar-refractivity contribution in [1.82, 2.24) is 20.0 Å². The molecule has 0 saturated heterocycles. The van der Waals surface area contributed by atoms with Crippen LogP contribution in [0.1, 0.15) is 36.8 Å². The second-order valence-electron chi connectivity index (χ2n) is 7.48. The second kappa shape index (κ2) is 8.55. The van der Waals surface area contributed by atoms with Crippen molar-refractivity contribution in [2.24, 2.45) is 0 Å². The number of hydrogen-bond acceptors (Lipinski definition) is 5. The monoisotopic (exact) mass is 430 g/mol. The molecule has 1 heterocycles. The predicted molar refractivity (Wildman–Crippen MR) is 114 cm³/mol. The molecule has 0 aliphatic rings. The zero-order valence-corrected chi connectivity index (χ0v) is 18.1. The highest BCUT2D eigenvalue weighted by Crippen LogP contribution is 2.19. The van der Waals surface area contributed by atoms with Gasteiger partial charge in [-0.3, -0.25) is 4.79 Å². The number of carbonyl (C=O) groups is 1. The molecule has 30 heavy (non-hydrogen) atoms. The number of nitrogens with zero attached hydrogens (tertiary/aromatic N) is 1. The molecular weight excluding hydrogens is 404 g/mol. The van der Waals surface area contributed by atoms with Crippen LogP contribution in [0.5, 0.6) is 0 Å². The van der Waals surface area contributed by atoms with E-state index in [4.69, 9.17) is 0 Å². The second-order valence-corrected chi connectivity index (χ2v) is 9.19. The SMILES string of the molecule is Cc1ccc(S(=O)(=O)N[C@H](C(=O)N[C@@H](C)c2nc3c(C)cccc3[nH]2)[C@@H](C)O)cc1. The Kier molecular flexibility index (Phi) is 6.25. The number of aliphatic hydroxyl groups excluding tert-OH is 1. The summed E-state index contributed by atoms with van der Waals surface area (Å²) in [7, 11) is -3.99. The lowest BCUT2D eigenvalue weighted by Crippen LogP contribution is -2.52. The molecule has 0 radical (unpaired) electrons. The van der Waals surface area contributed by atoms with E-state index < -0.39 is 34.1 Å². The van der Waals surface area contributed by atoms with Gasteiger partial charge in [-0.1, -0.05) is 29.8 Å². The predicted octanol–water partition coefficient (Wildman–Crippen LogP) is 2.08. The van der Waals surface area contributed by atoms with E-state index in [9.17, 15) is 18.3 Å². The van der Waals surface area contributed by atoms with E-state index in [1.807, 2.05) is 32.0 Å². The van der Waals surface area contributed by atoms with Gasteiger partial charge in [0.25, 0.3) is 0 Å². The Bertz CT molecular complexity index is 1150. The van der Waals surface area contributed by atoms with Gasteiger partial charge in [-0.05, 0) is 51.5 Å². The van der Waals surface area contributed by atoms with Gasteiger partial charge in [0.05, 0.1) is 28.1 Å². The molecule has 3 rings (SSSR count). The summed E-state index contributed by atoms with van der Waals surface area (Å²) in [4.78, 5) is 20.5. The average Bonchev–Trinajstić information content (AvgIpc) is 3.12. The number of aromatic nitrogens is 2. The summed E-state index contributed by atoms with van der Waals surface area (Å²) in [5, 5.41) is 12.8. The zero-order valence-electron chi connectivity index (χ0n) is 17.3. The number of rotatable bonds is 7. The van der Waals surface area contributed by atoms with Gasteiger partial charge in [-0.15, -0.1) is 0 Å². The first-order valence-corrected chi connectivity index (χ1v) is 11.1. The number of aryl methyl sites for hydroxylation is 2. The van der Waals surface area contributed by atoms with Gasteiger partial charge in [-0.25, -0.2) is 13.4 Å². The lowest BCUT2D eigenvalue weighted by Gasteiger charge is -2.22. The Morgan fingerprint density at radius 2 is 1.77 bits per heavy atom. The van der Waals surface area contributed by atoms with Crippen LogP contribution in [0.15, 0.2) is 47.4 Å². The summed E-state index contributed by atoms with van der Waals surface area (Å²) in [6, 6.07) is 10.1. The number of H-pyrrole nitrogens is 1. The van der Waals surface area contributed by atoms with E-state index in [1.165, 1.54) is 19.1 Å². The van der Waals surface area contributed by atoms with Gasteiger partial charge in [0.2, 0.25) is 15.9 Å². The number of benzene rings is 2. The normalized spacial score (nSPS) is 15.0. The largest absolute Gasteiger partial charge is 0.391 e. The number of aromatic amines is 1. The summed E-state index contributed by atoms with van der Waals surface area (Å²) >= 11 is 0. The fourth-order valence-corrected chi connectivity index (χ4v) is 4.36. The molecule has 0 fully saturated rings. The maximum atomic E-state index is 12.8. The minimum atomic E-state index is -3.99. The molecule has 2 aromatic carbocycles. The lowest BCUT2D eigenvalue weighted by atomic mass is 10.1. The molecule has 8 nitrogen and oxygen atoms in total. The first kappa shape index (κ1) is 21.9. The highest BCUT2D eigenvalue weighted by molar-refractivity contribution is 7.89. The minimum Gasteiger partial charge on any atom is -0.391 e. The third kappa shape index (κ3) is 4.69. The summed E-state index contributed by atoms with van der Waals surface area (Å²) < 4.78 is 27.6. The standard InChI is InChI=1S/C21H26N4O4S/c1-12-8-10-16(11-9-12)30(28,29)25-19(15(4)26)21(27)22-14(3)20-23-17-7-5-6-13(2)18(17)24-20/h5-11,14-15,19,25-26H,1-4H3,(H,22,27)(H,23,24)/t14-,15+,19-/m0/s1. The maximum absolute atomic E-state index is 12.8. The molecule has 0 unspecified atom stereocenters. The zero-order chi connectivity index (χ0) is 22.1. The van der Waals surface area contributed by atoms with E-state index >= 15 is 0 Å². The average molecular weight is 431 g/mol. The first-order valence-electron chi connectivity index (χ1n) is 9.61. The van der Waals surface area contributed by atoms with Crippen LogP contribution in [0.3, 0.4) is 0 Å². The van der Waals surface area contributed by atoms with Crippen molar-refractivity contribution in [2.75, 3.05) is 0 Å². The van der Waals surface area contributed by atoms with Crippen LogP contribution >= 0.6 is 0 Å². The third-order valence-corrected chi connectivity index (χ3v) is 6.34. The van der Waals surface area contributed by atoms with Crippen LogP contribution in [-0.2, 0) is 14.8 Å². The number of imidazole rings is 1. The number of amides is 1. The Hall–Kier alpha value is -2.75. The molecule has 4 N–H and O–H groups in total. The van der Waals surface area contributed by atoms with E-state index in [0.29, 0.717) is 5.82 Å². The lowest BCUT2D eigenvalue weighted by molar-refractivity contribution is -0.125. The summed E-state index contributed by atoms with van der Waals surface area (Å²) in [6.45, 7) is 6.88. The van der Waals surface area contributed by atoms with E-state index in [0.717, 1.165) is 22.2 Å². The molecule has 1 amide bonds. The third-order valence-electron chi connectivity index (χ3n) is 4.88. The van der Waals surface area contributed by atoms with Crippen molar-refractivity contribution in [3.05, 3.63) is 59.4 Å². The van der Waals surface area contributed by atoms with E-state index in [2.05, 4.69) is 20.0 Å². The van der Waals surface area contributed by atoms with Crippen LogP contribution in [0.25, 0.3) is 11.0 Å². The molecule has 0 spiro atoms. The summed E-state index contributed by atoms with van der Waals surface area (Å²) in [5.41, 5.74) is 3.56. The molecule has 0 bridgehead atoms. The van der Waals surface area contributed by atoms with Gasteiger partial charge in [-0.2, -0.15) is 4.72 Å². The molecule has 0 saturated carbocycles. The maximum Gasteiger partial charge on any atom is 0.241 e. The van der Waals surface area contributed by atoms with Crippen LogP contribution < -0.4 is 10.0 Å². The molecule has 3 aromatic rings. The van der Waals surface area contributed by atoms with Crippen LogP contribution in [-0.4, -0.2) is 41.5 Å². The van der Waals surface area contributed by atoms with Crippen molar-refractivity contribution >= 4 is 27.0 Å². The summed E-state index contributed by atoms with van der Waals surface area (Å²) in [5.74, 6) is -0.108. The molecule has 160 valence electrons. The Morgan fingerprint density at radius 1 is 1.10 bits per heavy atom. The fourth-order valence-electron chi connectivity index (χ4n) is 3.09. The topological polar surface area (TPSA) is 124 Å². The highest BCUT2D eigenvalue weighted by Gasteiger charge is 2.31. The molecule has 0 aliphatic heterocycles. The van der Waals surface area contributed by atoms with Crippen molar-refractivity contribution in [2.45, 2.75) is 50.8 Å². The smallest absolute Gasteiger partial charge is 0.241 e. The quantitative estimate of drug-likeness (QED) is 0.457. The number of para-hydroxylation sites is 1. The number of hydrogen-bond donors (Lipinski definition) is 4. The number of fused-ring (bicyclic) bond motifs is 1. The van der Waals surface area contributed by atoms with Crippen molar-refractivity contribution < 1.29 is 18.3 Å². The fraction of sp³-hybridized carbons (Fsp3) is 0.333. The van der Waals surface area contributed by atoms with Gasteiger partial charge >= 0.3 is 0 Å². The molecular formula is C21H26N4O4S. The molecule has 0 aliphatic carbocycles. The van der Waals surface area contributed by atoms with Crippen LogP contribution in [0.2, 0.25) is 0 Å². The van der Waals surface area contributed by atoms with E-state index in [-0.39, 0.29) is 4.90 Å². The van der Waals surface area contributed by atoms with Crippen LogP contribution in [0, 0.1) is 13.8 Å². The van der Waals surface area contributed by atoms with Crippen molar-refractivity contribution in [3.63, 3.8) is 0 Å². The highest BCUT2D eigenvalue weighted by atomic mass is 32.2. The van der Waals surface area contributed by atoms with Gasteiger partial charge < -0.3 is 15.4 Å². The number of sulfonamides is 1. The first-order chi connectivity index (χ1) is 14.1. The Balaban J connectivity index is 1.77. The van der Waals surface area contributed by atoms with Crippen molar-refractivity contribution in [1.29, 1.82) is 0 Å². The number of nitrogens with one attached hydrogen (secondary N) is 3. The Morgan fingerprint density at radius 3 is 2.37 bits per heavy atom. The van der Waals surface area contributed by atoms with Gasteiger partial charge in [0.15, 0.2) is 0 Å². The molecule has 9 heteroatoms. The summed E-state index contributed by atoms with van der Waals surface area (Å²) in [6.07, 6.45) is -1.24. The van der Waals surface area contributed by atoms with E-state index in [1.54, 1.807) is 19.1 Å². The van der Waals surface area contributed by atoms with Crippen LogP contribution in [0.4, 0.5) is 0 Å². The minimum absolute atomic E-state index is 0.0207. The molecule has 1 aromatic heterocycles. The molecule has 3 atom stereocenters. The number of carbonyl (C=O) groups excluding carboxylic acids is 1. The number of aliphatic hydroxyl groups is 1. The van der Waals surface area contributed by atoms with Gasteiger partial charge in [0, 0.05) is 0 Å². The Labute approximate surface area is 175 Å².